The summed E-state index contributed by atoms with van der Waals surface area (Å²) >= 11 is 6.51. The van der Waals surface area contributed by atoms with Gasteiger partial charge in [0, 0.05) is 10.6 Å². The summed E-state index contributed by atoms with van der Waals surface area (Å²) in [4.78, 5) is 1.28. The smallest absolute Gasteiger partial charge is 0.114 e. The monoisotopic (exact) mass is 272 g/mol. The molecular weight excluding hydrogens is 248 g/mol. The summed E-state index contributed by atoms with van der Waals surface area (Å²) in [5, 5.41) is 0. The highest BCUT2D eigenvalue weighted by Crippen LogP contribution is 2.38. The molecule has 0 aliphatic carbocycles. The Morgan fingerprint density at radius 1 is 1.29 bits per heavy atom. The second-order valence-electron chi connectivity index (χ2n) is 4.79. The fourth-order valence-electron chi connectivity index (χ4n) is 2.29. The van der Waals surface area contributed by atoms with Crippen molar-refractivity contribution in [2.45, 2.75) is 51.3 Å². The molecule has 1 rings (SSSR count). The van der Waals surface area contributed by atoms with Crippen LogP contribution in [0.1, 0.15) is 45.3 Å². The van der Waals surface area contributed by atoms with E-state index in [4.69, 9.17) is 4.42 Å². The van der Waals surface area contributed by atoms with Crippen LogP contribution in [0.3, 0.4) is 0 Å². The largest absolute Gasteiger partial charge is 0.468 e. The summed E-state index contributed by atoms with van der Waals surface area (Å²) in [7, 11) is 0. The molecule has 0 radical (unpaired) electrons. The minimum Gasteiger partial charge on any atom is -0.468 e. The van der Waals surface area contributed by atoms with E-state index in [0.717, 1.165) is 17.3 Å². The summed E-state index contributed by atoms with van der Waals surface area (Å²) < 4.78 is 5.34. The third-order valence-corrected chi connectivity index (χ3v) is 5.40. The van der Waals surface area contributed by atoms with Crippen LogP contribution in [0.5, 0.6) is 0 Å². The van der Waals surface area contributed by atoms with E-state index in [9.17, 15) is 0 Å². The van der Waals surface area contributed by atoms with Crippen molar-refractivity contribution in [3.05, 3.63) is 18.1 Å². The summed E-state index contributed by atoms with van der Waals surface area (Å²) in [5.74, 6) is 3.17. The Kier molecular flexibility index (Phi) is 6.57. The third kappa shape index (κ3) is 4.29. The lowest BCUT2D eigenvalue weighted by Gasteiger charge is -2.31. The average molecular weight is 272 g/mol. The minimum absolute atomic E-state index is 0.390. The lowest BCUT2D eigenvalue weighted by atomic mass is 9.83. The summed E-state index contributed by atoms with van der Waals surface area (Å²) in [6.45, 7) is 6.56. The molecule has 0 N–H and O–H groups in total. The van der Waals surface area contributed by atoms with Crippen LogP contribution in [-0.4, -0.2) is 11.5 Å². The molecule has 0 saturated heterocycles. The van der Waals surface area contributed by atoms with E-state index in [-0.39, 0.29) is 0 Å². The molecule has 1 aromatic rings. The predicted octanol–water partition coefficient (Wildman–Crippen LogP) is 5.20. The highest BCUT2D eigenvalue weighted by molar-refractivity contribution is 7.99. The maximum absolute atomic E-state index is 5.34. The molecule has 0 amide bonds. The number of rotatable bonds is 8. The fraction of sp³-hybridized carbons (Fsp3) is 0.714. The molecule has 0 atom stereocenters. The Hall–Kier alpha value is -0.0200. The predicted molar refractivity (Wildman–Crippen MR) is 80.3 cm³/mol. The molecule has 1 heterocycles. The fourth-order valence-corrected chi connectivity index (χ4v) is 4.12. The van der Waals surface area contributed by atoms with Crippen LogP contribution in [0, 0.1) is 12.3 Å². The number of thiol groups is 1. The van der Waals surface area contributed by atoms with Gasteiger partial charge in [-0.05, 0) is 37.0 Å². The maximum Gasteiger partial charge on any atom is 0.114 e. The molecule has 1 aromatic heterocycles. The first-order valence-corrected chi connectivity index (χ1v) is 8.07. The zero-order chi connectivity index (χ0) is 12.7. The minimum atomic E-state index is 0.390. The van der Waals surface area contributed by atoms with Crippen LogP contribution in [0.25, 0.3) is 0 Å². The molecule has 0 saturated carbocycles. The third-order valence-electron chi connectivity index (χ3n) is 3.24. The second-order valence-corrected chi connectivity index (χ2v) is 6.12. The SMILES string of the molecule is CCCC(CS)(CCC)CSc1ccoc1C. The van der Waals surface area contributed by atoms with Gasteiger partial charge in [0.25, 0.3) is 0 Å². The van der Waals surface area contributed by atoms with Crippen LogP contribution in [0.15, 0.2) is 21.6 Å². The number of hydrogen-bond donors (Lipinski definition) is 1. The van der Waals surface area contributed by atoms with Gasteiger partial charge < -0.3 is 4.42 Å². The molecule has 0 fully saturated rings. The highest BCUT2D eigenvalue weighted by atomic mass is 32.2. The molecule has 3 heteroatoms. The van der Waals surface area contributed by atoms with Crippen molar-refractivity contribution in [3.8, 4) is 0 Å². The summed E-state index contributed by atoms with van der Waals surface area (Å²) in [6.07, 6.45) is 6.80. The molecule has 17 heavy (non-hydrogen) atoms. The molecule has 0 aliphatic rings. The average Bonchev–Trinajstić information content (AvgIpc) is 2.72. The van der Waals surface area contributed by atoms with Gasteiger partial charge in [0.1, 0.15) is 5.76 Å². The highest BCUT2D eigenvalue weighted by Gasteiger charge is 2.27. The van der Waals surface area contributed by atoms with Crippen molar-refractivity contribution < 1.29 is 4.42 Å². The van der Waals surface area contributed by atoms with E-state index in [2.05, 4.69) is 32.5 Å². The van der Waals surface area contributed by atoms with Crippen LogP contribution >= 0.6 is 24.4 Å². The van der Waals surface area contributed by atoms with Gasteiger partial charge in [0.15, 0.2) is 0 Å². The second kappa shape index (κ2) is 7.42. The van der Waals surface area contributed by atoms with Gasteiger partial charge in [0.05, 0.1) is 6.26 Å². The molecule has 0 spiro atoms. The van der Waals surface area contributed by atoms with Crippen molar-refractivity contribution in [1.29, 1.82) is 0 Å². The van der Waals surface area contributed by atoms with E-state index < -0.39 is 0 Å². The molecular formula is C14H24OS2. The lowest BCUT2D eigenvalue weighted by molar-refractivity contribution is 0.318. The van der Waals surface area contributed by atoms with E-state index in [1.165, 1.54) is 30.6 Å². The Bertz CT molecular complexity index is 314. The van der Waals surface area contributed by atoms with Crippen molar-refractivity contribution in [2.75, 3.05) is 11.5 Å². The quantitative estimate of drug-likeness (QED) is 0.516. The van der Waals surface area contributed by atoms with E-state index in [0.29, 0.717) is 5.41 Å². The van der Waals surface area contributed by atoms with Gasteiger partial charge in [-0.25, -0.2) is 0 Å². The number of furan rings is 1. The first-order valence-electron chi connectivity index (χ1n) is 6.45. The first-order chi connectivity index (χ1) is 8.17. The van der Waals surface area contributed by atoms with E-state index >= 15 is 0 Å². The van der Waals surface area contributed by atoms with Crippen molar-refractivity contribution in [3.63, 3.8) is 0 Å². The standard InChI is InChI=1S/C14H24OS2/c1-4-7-14(10-16,8-5-2)11-17-13-6-9-15-12(13)3/h6,9,16H,4-5,7-8,10-11H2,1-3H3. The molecule has 0 unspecified atom stereocenters. The summed E-state index contributed by atoms with van der Waals surface area (Å²) in [5.41, 5.74) is 0.390. The molecule has 0 bridgehead atoms. The van der Waals surface area contributed by atoms with Crippen LogP contribution in [-0.2, 0) is 0 Å². The Labute approximate surface area is 115 Å². The van der Waals surface area contributed by atoms with Crippen molar-refractivity contribution in [1.82, 2.24) is 0 Å². The van der Waals surface area contributed by atoms with E-state index in [1.54, 1.807) is 6.26 Å². The van der Waals surface area contributed by atoms with Crippen molar-refractivity contribution >= 4 is 24.4 Å². The molecule has 1 nitrogen and oxygen atoms in total. The van der Waals surface area contributed by atoms with E-state index in [1.807, 2.05) is 18.7 Å². The summed E-state index contributed by atoms with van der Waals surface area (Å²) in [6, 6.07) is 2.07. The zero-order valence-electron chi connectivity index (χ0n) is 11.2. The maximum atomic E-state index is 5.34. The zero-order valence-corrected chi connectivity index (χ0v) is 12.9. The lowest BCUT2D eigenvalue weighted by Crippen LogP contribution is -2.25. The van der Waals surface area contributed by atoms with Crippen molar-refractivity contribution in [2.24, 2.45) is 5.41 Å². The molecule has 0 aromatic carbocycles. The number of aryl methyl sites for hydroxylation is 1. The molecule has 0 aliphatic heterocycles. The number of hydrogen-bond acceptors (Lipinski definition) is 3. The Morgan fingerprint density at radius 3 is 2.35 bits per heavy atom. The van der Waals surface area contributed by atoms with Crippen LogP contribution in [0.2, 0.25) is 0 Å². The van der Waals surface area contributed by atoms with Gasteiger partial charge in [0.2, 0.25) is 0 Å². The topological polar surface area (TPSA) is 13.1 Å². The first kappa shape index (κ1) is 15.0. The van der Waals surface area contributed by atoms with Crippen LogP contribution in [0.4, 0.5) is 0 Å². The van der Waals surface area contributed by atoms with Gasteiger partial charge >= 0.3 is 0 Å². The Balaban J connectivity index is 2.62. The van der Waals surface area contributed by atoms with Crippen LogP contribution < -0.4 is 0 Å². The van der Waals surface area contributed by atoms with Gasteiger partial charge in [-0.1, -0.05) is 26.7 Å². The Morgan fingerprint density at radius 2 is 1.94 bits per heavy atom. The van der Waals surface area contributed by atoms with Gasteiger partial charge in [-0.2, -0.15) is 12.6 Å². The molecule has 98 valence electrons. The van der Waals surface area contributed by atoms with Gasteiger partial charge in [-0.15, -0.1) is 11.8 Å². The normalized spacial score (nSPS) is 12.0. The number of thioether (sulfide) groups is 1. The van der Waals surface area contributed by atoms with Gasteiger partial charge in [-0.3, -0.25) is 0 Å².